The highest BCUT2D eigenvalue weighted by atomic mass is 19.1. The molecule has 6 heteroatoms. The quantitative estimate of drug-likeness (QED) is 0.407. The molecule has 3 fully saturated rings. The molecule has 0 atom stereocenters. The molecule has 31 heavy (non-hydrogen) atoms. The molecule has 0 radical (unpaired) electrons. The van der Waals surface area contributed by atoms with Crippen molar-refractivity contribution in [3.8, 4) is 28.4 Å². The number of alkyl halides is 1. The van der Waals surface area contributed by atoms with Gasteiger partial charge in [-0.2, -0.15) is 0 Å². The van der Waals surface area contributed by atoms with E-state index in [9.17, 15) is 13.2 Å². The van der Waals surface area contributed by atoms with Crippen molar-refractivity contribution in [2.45, 2.75) is 45.2 Å². The summed E-state index contributed by atoms with van der Waals surface area (Å²) in [7, 11) is 0. The molecule has 0 spiro atoms. The molecule has 0 aromatic heterocycles. The summed E-state index contributed by atoms with van der Waals surface area (Å²) >= 11 is 0. The van der Waals surface area contributed by atoms with Crippen LogP contribution in [-0.2, 0) is 6.67 Å². The highest BCUT2D eigenvalue weighted by molar-refractivity contribution is 5.78. The molecule has 3 aliphatic rings. The Hall–Kier alpha value is -2.37. The Bertz CT molecular complexity index is 889. The summed E-state index contributed by atoms with van der Waals surface area (Å²) in [6.07, 6.45) is 6.82. The van der Waals surface area contributed by atoms with Crippen LogP contribution in [0.3, 0.4) is 0 Å². The Balaban J connectivity index is 1.54. The molecule has 0 N–H and O–H groups in total. The smallest absolute Gasteiger partial charge is 0.134 e. The van der Waals surface area contributed by atoms with E-state index < -0.39 is 23.9 Å². The molecule has 3 aliphatic carbocycles. The van der Waals surface area contributed by atoms with Gasteiger partial charge in [-0.25, -0.2) is 13.2 Å². The van der Waals surface area contributed by atoms with E-state index in [1.807, 2.05) is 0 Å². The van der Waals surface area contributed by atoms with Gasteiger partial charge in [0, 0.05) is 12.1 Å². The highest BCUT2D eigenvalue weighted by Crippen LogP contribution is 2.45. The van der Waals surface area contributed by atoms with Gasteiger partial charge in [0.15, 0.2) is 0 Å². The van der Waals surface area contributed by atoms with Crippen LogP contribution in [0, 0.1) is 29.4 Å². The van der Waals surface area contributed by atoms with Gasteiger partial charge in [-0.3, -0.25) is 0 Å². The monoisotopic (exact) mass is 432 g/mol. The molecule has 166 valence electrons. The molecule has 3 saturated carbocycles. The van der Waals surface area contributed by atoms with Crippen molar-refractivity contribution in [1.82, 2.24) is 0 Å². The third-order valence-corrected chi connectivity index (χ3v) is 6.13. The molecule has 2 aromatic rings. The fourth-order valence-corrected chi connectivity index (χ4v) is 3.52. The van der Waals surface area contributed by atoms with E-state index >= 15 is 0 Å². The Morgan fingerprint density at radius 2 is 1.13 bits per heavy atom. The maximum Gasteiger partial charge on any atom is 0.134 e. The second kappa shape index (κ2) is 8.64. The number of halogens is 3. The van der Waals surface area contributed by atoms with Gasteiger partial charge >= 0.3 is 0 Å². The summed E-state index contributed by atoms with van der Waals surface area (Å²) in [5, 5.41) is 0. The summed E-state index contributed by atoms with van der Waals surface area (Å²) < 4.78 is 60.0. The number of hydrogen-bond donors (Lipinski definition) is 0. The lowest BCUT2D eigenvalue weighted by Gasteiger charge is -2.19. The van der Waals surface area contributed by atoms with Crippen molar-refractivity contribution in [2.24, 2.45) is 17.8 Å². The Kier molecular flexibility index (Phi) is 5.72. The molecule has 0 amide bonds. The molecule has 0 saturated heterocycles. The van der Waals surface area contributed by atoms with Crippen LogP contribution in [0.2, 0.25) is 0 Å². The van der Waals surface area contributed by atoms with Crippen LogP contribution in [0.4, 0.5) is 13.2 Å². The zero-order valence-corrected chi connectivity index (χ0v) is 17.5. The summed E-state index contributed by atoms with van der Waals surface area (Å²) in [5.41, 5.74) is 0.204. The lowest BCUT2D eigenvalue weighted by Crippen LogP contribution is -2.07. The number of benzene rings is 2. The normalized spacial score (nSPS) is 18.2. The fraction of sp³-hybridized carbons (Fsp3) is 0.520. The first-order valence-corrected chi connectivity index (χ1v) is 11.2. The third-order valence-electron chi connectivity index (χ3n) is 6.13. The number of rotatable bonds is 11. The predicted octanol–water partition coefficient (Wildman–Crippen LogP) is 6.47. The van der Waals surface area contributed by atoms with Crippen molar-refractivity contribution >= 4 is 0 Å². The topological polar surface area (TPSA) is 27.7 Å². The lowest BCUT2D eigenvalue weighted by atomic mass is 10.0. The minimum absolute atomic E-state index is 0.275. The molecule has 0 unspecified atom stereocenters. The van der Waals surface area contributed by atoms with E-state index in [4.69, 9.17) is 14.2 Å². The summed E-state index contributed by atoms with van der Waals surface area (Å²) in [5.74, 6) is 1.37. The third kappa shape index (κ3) is 5.10. The van der Waals surface area contributed by atoms with Gasteiger partial charge in [0.05, 0.1) is 30.9 Å². The van der Waals surface area contributed by atoms with Gasteiger partial charge in [-0.05, 0) is 74.0 Å². The van der Waals surface area contributed by atoms with E-state index in [1.54, 1.807) is 12.1 Å². The van der Waals surface area contributed by atoms with Crippen LogP contribution >= 0.6 is 0 Å². The fourth-order valence-electron chi connectivity index (χ4n) is 3.52. The molecular weight excluding hydrogens is 405 g/mol. The molecule has 0 aliphatic heterocycles. The second-order valence-corrected chi connectivity index (χ2v) is 9.11. The van der Waals surface area contributed by atoms with E-state index in [1.165, 1.54) is 12.8 Å². The highest BCUT2D eigenvalue weighted by Gasteiger charge is 2.27. The minimum Gasteiger partial charge on any atom is -0.493 e. The zero-order valence-electron chi connectivity index (χ0n) is 17.5. The first-order valence-electron chi connectivity index (χ1n) is 11.2. The van der Waals surface area contributed by atoms with Gasteiger partial charge in [0.25, 0.3) is 0 Å². The first kappa shape index (κ1) is 20.5. The van der Waals surface area contributed by atoms with Gasteiger partial charge in [0.1, 0.15) is 35.6 Å². The van der Waals surface area contributed by atoms with E-state index in [0.717, 1.165) is 37.8 Å². The predicted molar refractivity (Wildman–Crippen MR) is 111 cm³/mol. The molecule has 0 bridgehead atoms. The van der Waals surface area contributed by atoms with Crippen molar-refractivity contribution in [3.63, 3.8) is 0 Å². The van der Waals surface area contributed by atoms with Crippen molar-refractivity contribution in [2.75, 3.05) is 19.8 Å². The van der Waals surface area contributed by atoms with Crippen LogP contribution in [-0.4, -0.2) is 19.8 Å². The average molecular weight is 432 g/mol. The SMILES string of the molecule is FCc1c(F)cc(-c2c(OCC3CC3)cc(OCC3CC3)cc2OCC2CC2)cc1F. The Morgan fingerprint density at radius 3 is 1.55 bits per heavy atom. The van der Waals surface area contributed by atoms with E-state index in [-0.39, 0.29) is 5.56 Å². The van der Waals surface area contributed by atoms with Crippen LogP contribution in [0.5, 0.6) is 17.2 Å². The van der Waals surface area contributed by atoms with Gasteiger partial charge < -0.3 is 14.2 Å². The Labute approximate surface area is 180 Å². The summed E-state index contributed by atoms with van der Waals surface area (Å²) in [4.78, 5) is 0. The first-order chi connectivity index (χ1) is 15.1. The zero-order chi connectivity index (χ0) is 21.4. The van der Waals surface area contributed by atoms with Crippen molar-refractivity contribution < 1.29 is 27.4 Å². The van der Waals surface area contributed by atoms with Crippen LogP contribution in [0.25, 0.3) is 11.1 Å². The van der Waals surface area contributed by atoms with Crippen LogP contribution in [0.1, 0.15) is 44.1 Å². The van der Waals surface area contributed by atoms with E-state index in [2.05, 4.69) is 0 Å². The molecular formula is C25H27F3O3. The number of hydrogen-bond acceptors (Lipinski definition) is 3. The molecule has 5 rings (SSSR count). The van der Waals surface area contributed by atoms with Crippen molar-refractivity contribution in [1.29, 1.82) is 0 Å². The lowest BCUT2D eigenvalue weighted by molar-refractivity contribution is 0.272. The average Bonchev–Trinajstić information content (AvgIpc) is 3.62. The Morgan fingerprint density at radius 1 is 0.677 bits per heavy atom. The van der Waals surface area contributed by atoms with Crippen molar-refractivity contribution in [3.05, 3.63) is 41.5 Å². The van der Waals surface area contributed by atoms with Gasteiger partial charge in [0.2, 0.25) is 0 Å². The standard InChI is InChI=1S/C25H27F3O3/c26-11-20-21(27)7-18(8-22(20)28)25-23(30-13-16-3-4-16)9-19(29-12-15-1-2-15)10-24(25)31-14-17-5-6-17/h7-10,15-17H,1-6,11-14H2. The largest absolute Gasteiger partial charge is 0.493 e. The molecule has 0 heterocycles. The molecule has 3 nitrogen and oxygen atoms in total. The van der Waals surface area contributed by atoms with Crippen LogP contribution in [0.15, 0.2) is 24.3 Å². The van der Waals surface area contributed by atoms with Gasteiger partial charge in [-0.15, -0.1) is 0 Å². The van der Waals surface area contributed by atoms with E-state index in [0.29, 0.717) is 60.4 Å². The maximum atomic E-state index is 14.4. The maximum absolute atomic E-state index is 14.4. The summed E-state index contributed by atoms with van der Waals surface area (Å²) in [6.45, 7) is 0.517. The minimum atomic E-state index is -1.19. The van der Waals surface area contributed by atoms with Crippen LogP contribution < -0.4 is 14.2 Å². The number of ether oxygens (including phenoxy) is 3. The summed E-state index contributed by atoms with van der Waals surface area (Å²) in [6, 6.07) is 5.88. The molecule has 2 aromatic carbocycles. The van der Waals surface area contributed by atoms with Gasteiger partial charge in [-0.1, -0.05) is 0 Å². The second-order valence-electron chi connectivity index (χ2n) is 9.11.